The van der Waals surface area contributed by atoms with Gasteiger partial charge in [0, 0.05) is 18.7 Å². The molecule has 3 amide bonds. The largest absolute Gasteiger partial charge is 0.497 e. The molecule has 1 aromatic carbocycles. The van der Waals surface area contributed by atoms with E-state index in [0.717, 1.165) is 19.3 Å². The molecule has 7 heteroatoms. The van der Waals surface area contributed by atoms with Gasteiger partial charge < -0.3 is 20.3 Å². The van der Waals surface area contributed by atoms with E-state index < -0.39 is 0 Å². The van der Waals surface area contributed by atoms with E-state index in [9.17, 15) is 14.4 Å². The van der Waals surface area contributed by atoms with Gasteiger partial charge in [0.15, 0.2) is 0 Å². The summed E-state index contributed by atoms with van der Waals surface area (Å²) >= 11 is 0. The molecule has 0 unspecified atom stereocenters. The highest BCUT2D eigenvalue weighted by Crippen LogP contribution is 2.28. The molecular weight excluding hydrogens is 382 g/mol. The number of methoxy groups -OCH3 is 1. The van der Waals surface area contributed by atoms with Gasteiger partial charge in [-0.3, -0.25) is 14.4 Å². The lowest BCUT2D eigenvalue weighted by Gasteiger charge is -2.23. The van der Waals surface area contributed by atoms with E-state index in [1.165, 1.54) is 25.7 Å². The first kappa shape index (κ1) is 23.7. The second kappa shape index (κ2) is 12.9. The number of nitrogens with zero attached hydrogens (tertiary/aromatic N) is 1. The number of hydrogen-bond donors (Lipinski definition) is 2. The quantitative estimate of drug-likeness (QED) is 0.546. The van der Waals surface area contributed by atoms with Crippen LogP contribution in [0.4, 0.5) is 5.69 Å². The van der Waals surface area contributed by atoms with Gasteiger partial charge in [-0.05, 0) is 43.0 Å². The van der Waals surface area contributed by atoms with Crippen molar-refractivity contribution in [2.24, 2.45) is 5.92 Å². The number of hydrogen-bond acceptors (Lipinski definition) is 4. The summed E-state index contributed by atoms with van der Waals surface area (Å²) in [4.78, 5) is 38.7. The van der Waals surface area contributed by atoms with Crippen molar-refractivity contribution in [3.8, 4) is 5.75 Å². The standard InChI is InChI=1S/C23H35N3O4/c1-3-4-15-26(23(29)14-9-18-7-5-6-8-18)17-22(28)24-16-21(27)25-19-10-12-20(30-2)13-11-19/h10-13,18H,3-9,14-17H2,1-2H3,(H,24,28)(H,25,27). The molecule has 0 aromatic heterocycles. The maximum atomic E-state index is 12.6. The molecule has 0 radical (unpaired) electrons. The van der Waals surface area contributed by atoms with Crippen molar-refractivity contribution in [3.63, 3.8) is 0 Å². The van der Waals surface area contributed by atoms with Crippen LogP contribution in [0.1, 0.15) is 58.3 Å². The lowest BCUT2D eigenvalue weighted by molar-refractivity contribution is -0.136. The molecule has 2 rings (SSSR count). The van der Waals surface area contributed by atoms with Crippen molar-refractivity contribution in [2.45, 2.75) is 58.3 Å². The number of benzene rings is 1. The van der Waals surface area contributed by atoms with Crippen LogP contribution in [0.5, 0.6) is 5.75 Å². The lowest BCUT2D eigenvalue weighted by Crippen LogP contribution is -2.43. The third-order valence-electron chi connectivity index (χ3n) is 5.53. The van der Waals surface area contributed by atoms with E-state index in [4.69, 9.17) is 4.74 Å². The van der Waals surface area contributed by atoms with Crippen LogP contribution in [0.15, 0.2) is 24.3 Å². The van der Waals surface area contributed by atoms with Crippen LogP contribution in [-0.4, -0.2) is 49.4 Å². The summed E-state index contributed by atoms with van der Waals surface area (Å²) in [6.45, 7) is 2.50. The maximum absolute atomic E-state index is 12.6. The van der Waals surface area contributed by atoms with E-state index in [0.29, 0.717) is 30.3 Å². The van der Waals surface area contributed by atoms with Crippen molar-refractivity contribution < 1.29 is 19.1 Å². The van der Waals surface area contributed by atoms with Crippen LogP contribution in [0.25, 0.3) is 0 Å². The fourth-order valence-electron chi connectivity index (χ4n) is 3.71. The molecule has 1 fully saturated rings. The smallest absolute Gasteiger partial charge is 0.243 e. The molecule has 7 nitrogen and oxygen atoms in total. The Hall–Kier alpha value is -2.57. The normalized spacial score (nSPS) is 13.7. The van der Waals surface area contributed by atoms with E-state index in [-0.39, 0.29) is 30.8 Å². The van der Waals surface area contributed by atoms with Gasteiger partial charge >= 0.3 is 0 Å². The molecule has 30 heavy (non-hydrogen) atoms. The van der Waals surface area contributed by atoms with Gasteiger partial charge in [0.2, 0.25) is 17.7 Å². The SMILES string of the molecule is CCCCN(CC(=O)NCC(=O)Nc1ccc(OC)cc1)C(=O)CCC1CCCC1. The predicted octanol–water partition coefficient (Wildman–Crippen LogP) is 3.35. The van der Waals surface area contributed by atoms with Crippen LogP contribution in [0, 0.1) is 5.92 Å². The Morgan fingerprint density at radius 1 is 1.10 bits per heavy atom. The molecule has 1 aliphatic carbocycles. The first-order valence-electron chi connectivity index (χ1n) is 11.0. The van der Waals surface area contributed by atoms with Crippen molar-refractivity contribution >= 4 is 23.4 Å². The van der Waals surface area contributed by atoms with Crippen LogP contribution >= 0.6 is 0 Å². The van der Waals surface area contributed by atoms with Gasteiger partial charge in [0.25, 0.3) is 0 Å². The minimum Gasteiger partial charge on any atom is -0.497 e. The fourth-order valence-corrected chi connectivity index (χ4v) is 3.71. The number of carbonyl (C=O) groups excluding carboxylic acids is 3. The van der Waals surface area contributed by atoms with Crippen LogP contribution in [-0.2, 0) is 14.4 Å². The van der Waals surface area contributed by atoms with Crippen LogP contribution < -0.4 is 15.4 Å². The number of nitrogens with one attached hydrogen (secondary N) is 2. The molecule has 1 saturated carbocycles. The topological polar surface area (TPSA) is 87.7 Å². The minimum absolute atomic E-state index is 0.000679. The van der Waals surface area contributed by atoms with E-state index >= 15 is 0 Å². The average molecular weight is 418 g/mol. The summed E-state index contributed by atoms with van der Waals surface area (Å²) in [5.41, 5.74) is 0.627. The average Bonchev–Trinajstić information content (AvgIpc) is 3.27. The molecule has 0 heterocycles. The first-order valence-corrected chi connectivity index (χ1v) is 11.0. The summed E-state index contributed by atoms with van der Waals surface area (Å²) in [6, 6.07) is 6.95. The number of rotatable bonds is 12. The van der Waals surface area contributed by atoms with Gasteiger partial charge in [-0.25, -0.2) is 0 Å². The molecule has 1 aliphatic rings. The second-order valence-electron chi connectivity index (χ2n) is 7.91. The van der Waals surface area contributed by atoms with Crippen LogP contribution in [0.3, 0.4) is 0 Å². The lowest BCUT2D eigenvalue weighted by atomic mass is 10.0. The van der Waals surface area contributed by atoms with E-state index in [2.05, 4.69) is 17.6 Å². The van der Waals surface area contributed by atoms with Crippen molar-refractivity contribution in [1.29, 1.82) is 0 Å². The maximum Gasteiger partial charge on any atom is 0.243 e. The summed E-state index contributed by atoms with van der Waals surface area (Å²) < 4.78 is 5.08. The second-order valence-corrected chi connectivity index (χ2v) is 7.91. The highest BCUT2D eigenvalue weighted by atomic mass is 16.5. The zero-order chi connectivity index (χ0) is 21.8. The molecule has 166 valence electrons. The first-order chi connectivity index (χ1) is 14.5. The number of unbranched alkanes of at least 4 members (excludes halogenated alkanes) is 1. The zero-order valence-electron chi connectivity index (χ0n) is 18.2. The highest BCUT2D eigenvalue weighted by Gasteiger charge is 2.20. The Labute approximate surface area is 179 Å². The zero-order valence-corrected chi connectivity index (χ0v) is 18.2. The van der Waals surface area contributed by atoms with E-state index in [1.807, 2.05) is 0 Å². The number of ether oxygens (including phenoxy) is 1. The Bertz CT molecular complexity index is 684. The van der Waals surface area contributed by atoms with Crippen LogP contribution in [0.2, 0.25) is 0 Å². The van der Waals surface area contributed by atoms with Gasteiger partial charge in [0.05, 0.1) is 20.2 Å². The van der Waals surface area contributed by atoms with Crippen molar-refractivity contribution in [3.05, 3.63) is 24.3 Å². The Balaban J connectivity index is 1.75. The van der Waals surface area contributed by atoms with E-state index in [1.54, 1.807) is 36.3 Å². The summed E-state index contributed by atoms with van der Waals surface area (Å²) in [7, 11) is 1.58. The van der Waals surface area contributed by atoms with Crippen molar-refractivity contribution in [2.75, 3.05) is 32.1 Å². The number of amides is 3. The molecular formula is C23H35N3O4. The number of carbonyl (C=O) groups is 3. The third-order valence-corrected chi connectivity index (χ3v) is 5.53. The monoisotopic (exact) mass is 417 g/mol. The predicted molar refractivity (Wildman–Crippen MR) is 117 cm³/mol. The fraction of sp³-hybridized carbons (Fsp3) is 0.609. The molecule has 2 N–H and O–H groups in total. The van der Waals surface area contributed by atoms with Gasteiger partial charge in [-0.15, -0.1) is 0 Å². The Morgan fingerprint density at radius 3 is 2.43 bits per heavy atom. The molecule has 0 bridgehead atoms. The summed E-state index contributed by atoms with van der Waals surface area (Å²) in [6.07, 6.45) is 8.18. The third kappa shape index (κ3) is 8.43. The van der Waals surface area contributed by atoms with Gasteiger partial charge in [-0.2, -0.15) is 0 Å². The molecule has 0 spiro atoms. The summed E-state index contributed by atoms with van der Waals surface area (Å²) in [5.74, 6) is 0.753. The minimum atomic E-state index is -0.318. The molecule has 1 aromatic rings. The Morgan fingerprint density at radius 2 is 1.80 bits per heavy atom. The van der Waals surface area contributed by atoms with Gasteiger partial charge in [-0.1, -0.05) is 39.0 Å². The molecule has 0 saturated heterocycles. The molecule has 0 atom stereocenters. The summed E-state index contributed by atoms with van der Waals surface area (Å²) in [5, 5.41) is 5.34. The number of anilines is 1. The molecule has 0 aliphatic heterocycles. The van der Waals surface area contributed by atoms with Gasteiger partial charge in [0.1, 0.15) is 5.75 Å². The van der Waals surface area contributed by atoms with Crippen molar-refractivity contribution in [1.82, 2.24) is 10.2 Å². The Kier molecular flexibility index (Phi) is 10.2. The highest BCUT2D eigenvalue weighted by molar-refractivity contribution is 5.95.